The molecule has 0 saturated heterocycles. The van der Waals surface area contributed by atoms with Gasteiger partial charge in [0.05, 0.1) is 19.8 Å². The van der Waals surface area contributed by atoms with Crippen molar-refractivity contribution in [3.8, 4) is 0 Å². The summed E-state index contributed by atoms with van der Waals surface area (Å²) in [6.07, 6.45) is 0. The van der Waals surface area contributed by atoms with Crippen molar-refractivity contribution in [2.75, 3.05) is 26.3 Å². The van der Waals surface area contributed by atoms with E-state index in [1.165, 1.54) is 4.90 Å². The highest BCUT2D eigenvalue weighted by Gasteiger charge is 2.14. The zero-order chi connectivity index (χ0) is 11.7. The van der Waals surface area contributed by atoms with Gasteiger partial charge >= 0.3 is 0 Å². The van der Waals surface area contributed by atoms with Crippen LogP contribution in [0.5, 0.6) is 0 Å². The fraction of sp³-hybridized carbons (Fsp3) is 0.500. The Hall–Kier alpha value is -1.28. The lowest BCUT2D eigenvalue weighted by atomic mass is 10.5. The van der Waals surface area contributed by atoms with E-state index < -0.39 is 0 Å². The van der Waals surface area contributed by atoms with Crippen molar-refractivity contribution in [3.63, 3.8) is 0 Å². The maximum atomic E-state index is 8.37. The van der Waals surface area contributed by atoms with Crippen LogP contribution in [0.4, 0.5) is 0 Å². The van der Waals surface area contributed by atoms with Gasteiger partial charge in [0.15, 0.2) is 0 Å². The predicted octanol–water partition coefficient (Wildman–Crippen LogP) is 0.185. The SMILES string of the molecule is C=C(OO)N(CCOCCN)C(=C)OO. The largest absolute Gasteiger partial charge is 0.378 e. The molecule has 0 rings (SSSR count). The van der Waals surface area contributed by atoms with E-state index in [0.29, 0.717) is 19.8 Å². The van der Waals surface area contributed by atoms with Gasteiger partial charge in [-0.1, -0.05) is 0 Å². The average Bonchev–Trinajstić information content (AvgIpc) is 2.27. The average molecular weight is 220 g/mol. The molecular formula is C8H16N2O5. The first-order valence-electron chi connectivity index (χ1n) is 4.23. The summed E-state index contributed by atoms with van der Waals surface area (Å²) < 4.78 is 5.08. The van der Waals surface area contributed by atoms with Crippen molar-refractivity contribution in [1.82, 2.24) is 4.90 Å². The number of nitrogens with two attached hydrogens (primary N) is 1. The highest BCUT2D eigenvalue weighted by molar-refractivity contribution is 4.95. The second kappa shape index (κ2) is 8.06. The van der Waals surface area contributed by atoms with Crippen molar-refractivity contribution < 1.29 is 25.0 Å². The number of hydrogen-bond acceptors (Lipinski definition) is 7. The number of nitrogens with zero attached hydrogens (tertiary/aromatic N) is 1. The third-order valence-corrected chi connectivity index (χ3v) is 1.53. The van der Waals surface area contributed by atoms with Crippen LogP contribution in [0.3, 0.4) is 0 Å². The molecule has 0 aliphatic heterocycles. The zero-order valence-corrected chi connectivity index (χ0v) is 8.39. The monoisotopic (exact) mass is 220 g/mol. The highest BCUT2D eigenvalue weighted by atomic mass is 17.1. The highest BCUT2D eigenvalue weighted by Crippen LogP contribution is 2.10. The van der Waals surface area contributed by atoms with Gasteiger partial charge in [0, 0.05) is 6.54 Å². The molecule has 0 fully saturated rings. The first kappa shape index (κ1) is 13.7. The lowest BCUT2D eigenvalue weighted by Crippen LogP contribution is -2.28. The van der Waals surface area contributed by atoms with Crippen LogP contribution >= 0.6 is 0 Å². The minimum atomic E-state index is -0.134. The molecular weight excluding hydrogens is 204 g/mol. The van der Waals surface area contributed by atoms with Crippen molar-refractivity contribution in [1.29, 1.82) is 0 Å². The Labute approximate surface area is 87.8 Å². The summed E-state index contributed by atoms with van der Waals surface area (Å²) in [6.45, 7) is 8.09. The van der Waals surface area contributed by atoms with Gasteiger partial charge in [-0.05, 0) is 13.2 Å². The van der Waals surface area contributed by atoms with Crippen molar-refractivity contribution >= 4 is 0 Å². The zero-order valence-electron chi connectivity index (χ0n) is 8.39. The molecule has 0 heterocycles. The predicted molar refractivity (Wildman–Crippen MR) is 52.3 cm³/mol. The summed E-state index contributed by atoms with van der Waals surface area (Å²) >= 11 is 0. The molecule has 0 spiro atoms. The molecule has 0 aromatic carbocycles. The van der Waals surface area contributed by atoms with E-state index in [4.69, 9.17) is 21.0 Å². The van der Waals surface area contributed by atoms with Crippen LogP contribution < -0.4 is 5.73 Å². The fourth-order valence-corrected chi connectivity index (χ4v) is 0.828. The van der Waals surface area contributed by atoms with Gasteiger partial charge in [0.1, 0.15) is 0 Å². The minimum absolute atomic E-state index is 0.134. The Morgan fingerprint density at radius 2 is 1.67 bits per heavy atom. The molecule has 0 aliphatic rings. The topological polar surface area (TPSA) is 97.4 Å². The Bertz CT molecular complexity index is 193. The van der Waals surface area contributed by atoms with Crippen molar-refractivity contribution in [2.24, 2.45) is 5.73 Å². The molecule has 0 aromatic rings. The molecule has 0 saturated carbocycles. The van der Waals surface area contributed by atoms with Crippen LogP contribution in [0, 0.1) is 0 Å². The third-order valence-electron chi connectivity index (χ3n) is 1.53. The Kier molecular flexibility index (Phi) is 7.38. The maximum Gasteiger partial charge on any atom is 0.232 e. The molecule has 0 radical (unpaired) electrons. The molecule has 0 bridgehead atoms. The van der Waals surface area contributed by atoms with Crippen LogP contribution in [0.1, 0.15) is 0 Å². The van der Waals surface area contributed by atoms with Gasteiger partial charge in [-0.3, -0.25) is 4.90 Å². The van der Waals surface area contributed by atoms with Gasteiger partial charge in [-0.25, -0.2) is 10.5 Å². The molecule has 15 heavy (non-hydrogen) atoms. The van der Waals surface area contributed by atoms with Crippen molar-refractivity contribution in [3.05, 3.63) is 24.9 Å². The number of rotatable bonds is 9. The summed E-state index contributed by atoms with van der Waals surface area (Å²) in [7, 11) is 0. The summed E-state index contributed by atoms with van der Waals surface area (Å²) in [4.78, 5) is 8.97. The smallest absolute Gasteiger partial charge is 0.232 e. The number of hydrogen-bond donors (Lipinski definition) is 3. The van der Waals surface area contributed by atoms with E-state index in [0.717, 1.165) is 0 Å². The van der Waals surface area contributed by atoms with E-state index in [-0.39, 0.29) is 18.3 Å². The molecule has 7 heteroatoms. The van der Waals surface area contributed by atoms with Gasteiger partial charge in [0.2, 0.25) is 11.8 Å². The van der Waals surface area contributed by atoms with Crippen LogP contribution in [0.15, 0.2) is 24.9 Å². The van der Waals surface area contributed by atoms with Crippen LogP contribution in [0.25, 0.3) is 0 Å². The minimum Gasteiger partial charge on any atom is -0.378 e. The van der Waals surface area contributed by atoms with Crippen LogP contribution in [-0.4, -0.2) is 41.7 Å². The normalized spacial score (nSPS) is 9.53. The van der Waals surface area contributed by atoms with E-state index in [1.54, 1.807) is 0 Å². The number of ether oxygens (including phenoxy) is 1. The Balaban J connectivity index is 4.02. The molecule has 0 aliphatic carbocycles. The fourth-order valence-electron chi connectivity index (χ4n) is 0.828. The standard InChI is InChI=1S/C8H16N2O5/c1-7(14-11)10(8(2)15-12)4-6-13-5-3-9/h11-12H,1-6,9H2. The van der Waals surface area contributed by atoms with E-state index in [2.05, 4.69) is 22.9 Å². The van der Waals surface area contributed by atoms with E-state index in [1.807, 2.05) is 0 Å². The first-order valence-corrected chi connectivity index (χ1v) is 4.23. The molecule has 0 amide bonds. The van der Waals surface area contributed by atoms with Crippen LogP contribution in [0.2, 0.25) is 0 Å². The van der Waals surface area contributed by atoms with Crippen molar-refractivity contribution in [2.45, 2.75) is 0 Å². The quantitative estimate of drug-likeness (QED) is 0.221. The molecule has 4 N–H and O–H groups in total. The Morgan fingerprint density at radius 3 is 2.07 bits per heavy atom. The second-order valence-electron chi connectivity index (χ2n) is 2.52. The Morgan fingerprint density at radius 1 is 1.13 bits per heavy atom. The summed E-state index contributed by atoms with van der Waals surface area (Å²) in [5, 5.41) is 16.7. The lowest BCUT2D eigenvalue weighted by Gasteiger charge is -2.22. The lowest BCUT2D eigenvalue weighted by molar-refractivity contribution is -0.252. The third kappa shape index (κ3) is 5.23. The molecule has 7 nitrogen and oxygen atoms in total. The summed E-state index contributed by atoms with van der Waals surface area (Å²) in [5.41, 5.74) is 5.21. The molecule has 0 aromatic heterocycles. The molecule has 88 valence electrons. The van der Waals surface area contributed by atoms with Gasteiger partial charge in [-0.15, -0.1) is 0 Å². The first-order chi connectivity index (χ1) is 7.17. The van der Waals surface area contributed by atoms with Gasteiger partial charge in [-0.2, -0.15) is 0 Å². The van der Waals surface area contributed by atoms with Gasteiger partial charge < -0.3 is 20.2 Å². The molecule has 0 unspecified atom stereocenters. The van der Waals surface area contributed by atoms with E-state index in [9.17, 15) is 0 Å². The van der Waals surface area contributed by atoms with Crippen LogP contribution in [-0.2, 0) is 14.5 Å². The summed E-state index contributed by atoms with van der Waals surface area (Å²) in [5.74, 6) is -0.268. The second-order valence-corrected chi connectivity index (χ2v) is 2.52. The summed E-state index contributed by atoms with van der Waals surface area (Å²) in [6, 6.07) is 0. The molecule has 0 atom stereocenters. The van der Waals surface area contributed by atoms with Gasteiger partial charge in [0.25, 0.3) is 0 Å². The maximum absolute atomic E-state index is 8.37. The van der Waals surface area contributed by atoms with E-state index >= 15 is 0 Å².